The summed E-state index contributed by atoms with van der Waals surface area (Å²) in [5.41, 5.74) is 1.76. The Bertz CT molecular complexity index is 557. The van der Waals surface area contributed by atoms with E-state index in [2.05, 4.69) is 9.83 Å². The molecule has 0 saturated carbocycles. The molecule has 0 radical (unpaired) electrons. The molecule has 2 rings (SSSR count). The fourth-order valence-corrected chi connectivity index (χ4v) is 1.18. The number of hydrogen-bond donors (Lipinski definition) is 0. The molecule has 0 aliphatic heterocycles. The van der Waals surface area contributed by atoms with Gasteiger partial charge in [0.15, 0.2) is 11.3 Å². The smallest absolute Gasteiger partial charge is 0.209 e. The van der Waals surface area contributed by atoms with Gasteiger partial charge in [-0.3, -0.25) is 0 Å². The summed E-state index contributed by atoms with van der Waals surface area (Å²) < 4.78 is 5.27. The summed E-state index contributed by atoms with van der Waals surface area (Å²) in [5, 5.41) is 8.45. The lowest BCUT2D eigenvalue weighted by Gasteiger charge is -1.85. The Morgan fingerprint density at radius 2 is 2.43 bits per heavy atom. The van der Waals surface area contributed by atoms with Crippen LogP contribution in [0.3, 0.4) is 0 Å². The number of nitrogens with zero attached hydrogens (tertiary/aromatic N) is 3. The maximum Gasteiger partial charge on any atom is 0.209 e. The maximum absolute atomic E-state index is 8.45. The van der Waals surface area contributed by atoms with E-state index < -0.39 is 0 Å². The monoisotopic (exact) mass is 183 g/mol. The van der Waals surface area contributed by atoms with Gasteiger partial charge in [-0.1, -0.05) is 6.07 Å². The van der Waals surface area contributed by atoms with Gasteiger partial charge < -0.3 is 4.42 Å². The third kappa shape index (κ3) is 1.30. The summed E-state index contributed by atoms with van der Waals surface area (Å²) in [6.45, 7) is 6.82. The molecule has 0 saturated heterocycles. The van der Waals surface area contributed by atoms with Gasteiger partial charge in [0.2, 0.25) is 5.89 Å². The van der Waals surface area contributed by atoms with Crippen LogP contribution in [0.4, 0.5) is 5.69 Å². The highest BCUT2D eigenvalue weighted by Gasteiger charge is 2.05. The minimum absolute atomic E-state index is 0.155. The van der Waals surface area contributed by atoms with E-state index in [1.165, 1.54) is 0 Å². The lowest BCUT2D eigenvalue weighted by Crippen LogP contribution is -1.77. The van der Waals surface area contributed by atoms with Crippen molar-refractivity contribution >= 4 is 16.8 Å². The first kappa shape index (κ1) is 8.28. The van der Waals surface area contributed by atoms with E-state index >= 15 is 0 Å². The summed E-state index contributed by atoms with van der Waals surface area (Å²) in [6, 6.07) is 6.96. The molecule has 0 unspecified atom stereocenters. The summed E-state index contributed by atoms with van der Waals surface area (Å²) >= 11 is 0. The fourth-order valence-electron chi connectivity index (χ4n) is 1.18. The van der Waals surface area contributed by atoms with Gasteiger partial charge in [-0.25, -0.2) is 9.83 Å². The van der Waals surface area contributed by atoms with Gasteiger partial charge >= 0.3 is 0 Å². The largest absolute Gasteiger partial charge is 0.440 e. The van der Waals surface area contributed by atoms with E-state index in [9.17, 15) is 0 Å². The van der Waals surface area contributed by atoms with Crippen LogP contribution in [0.15, 0.2) is 22.6 Å². The van der Waals surface area contributed by atoms with Crippen molar-refractivity contribution in [3.05, 3.63) is 35.5 Å². The molecular weight excluding hydrogens is 178 g/mol. The first-order chi connectivity index (χ1) is 6.83. The fraction of sp³-hybridized carbons (Fsp3) is 0.100. The molecule has 0 amide bonds. The third-order valence-electron chi connectivity index (χ3n) is 1.77. The second-order valence-electron chi connectivity index (χ2n) is 2.71. The average molecular weight is 183 g/mol. The molecule has 66 valence electrons. The third-order valence-corrected chi connectivity index (χ3v) is 1.77. The van der Waals surface area contributed by atoms with Gasteiger partial charge in [-0.2, -0.15) is 5.26 Å². The molecule has 0 fully saturated rings. The van der Waals surface area contributed by atoms with Crippen molar-refractivity contribution in [2.75, 3.05) is 0 Å². The van der Waals surface area contributed by atoms with Crippen molar-refractivity contribution in [1.82, 2.24) is 4.98 Å². The SMILES string of the molecule is [C-]#[N+]c1ccc2oc(CC#N)nc2c1. The Balaban J connectivity index is 2.57. The Morgan fingerprint density at radius 3 is 3.14 bits per heavy atom. The van der Waals surface area contributed by atoms with Crippen molar-refractivity contribution in [2.24, 2.45) is 0 Å². The molecule has 2 aromatic rings. The Morgan fingerprint density at radius 1 is 1.57 bits per heavy atom. The Labute approximate surface area is 80.2 Å². The van der Waals surface area contributed by atoms with Crippen LogP contribution < -0.4 is 0 Å². The molecule has 0 aliphatic rings. The first-order valence-corrected chi connectivity index (χ1v) is 3.97. The average Bonchev–Trinajstić information content (AvgIpc) is 2.59. The highest BCUT2D eigenvalue weighted by atomic mass is 16.3. The zero-order valence-corrected chi connectivity index (χ0v) is 7.19. The summed E-state index contributed by atoms with van der Waals surface area (Å²) in [5.74, 6) is 0.393. The predicted molar refractivity (Wildman–Crippen MR) is 49.6 cm³/mol. The van der Waals surface area contributed by atoms with E-state index in [1.54, 1.807) is 18.2 Å². The second-order valence-corrected chi connectivity index (χ2v) is 2.71. The van der Waals surface area contributed by atoms with Crippen molar-refractivity contribution < 1.29 is 4.42 Å². The molecule has 1 aromatic heterocycles. The minimum Gasteiger partial charge on any atom is -0.440 e. The van der Waals surface area contributed by atoms with Crippen LogP contribution in [0, 0.1) is 17.9 Å². The van der Waals surface area contributed by atoms with Gasteiger partial charge in [0.05, 0.1) is 18.2 Å². The van der Waals surface area contributed by atoms with Gasteiger partial charge in [-0.15, -0.1) is 0 Å². The highest BCUT2D eigenvalue weighted by molar-refractivity contribution is 5.77. The van der Waals surface area contributed by atoms with Crippen molar-refractivity contribution in [3.8, 4) is 6.07 Å². The van der Waals surface area contributed by atoms with Crippen molar-refractivity contribution in [1.29, 1.82) is 5.26 Å². The standard InChI is InChI=1S/C10H5N3O/c1-12-7-2-3-9-8(6-7)13-10(14-9)4-5-11/h2-3,6H,4H2. The highest BCUT2D eigenvalue weighted by Crippen LogP contribution is 2.21. The quantitative estimate of drug-likeness (QED) is 0.638. The van der Waals surface area contributed by atoms with Gasteiger partial charge in [0.1, 0.15) is 6.42 Å². The maximum atomic E-state index is 8.45. The zero-order chi connectivity index (χ0) is 9.97. The van der Waals surface area contributed by atoms with E-state index in [0.717, 1.165) is 0 Å². The zero-order valence-electron chi connectivity index (χ0n) is 7.19. The van der Waals surface area contributed by atoms with Crippen molar-refractivity contribution in [3.63, 3.8) is 0 Å². The molecule has 4 heteroatoms. The molecule has 1 aromatic carbocycles. The number of aromatic nitrogens is 1. The number of rotatable bonds is 1. The summed E-state index contributed by atoms with van der Waals surface area (Å²) in [6.07, 6.45) is 0.155. The molecular formula is C10H5N3O. The minimum atomic E-state index is 0.155. The lowest BCUT2D eigenvalue weighted by molar-refractivity contribution is 0.548. The van der Waals surface area contributed by atoms with Gasteiger partial charge in [0, 0.05) is 0 Å². The molecule has 0 spiro atoms. The molecule has 4 nitrogen and oxygen atoms in total. The second kappa shape index (κ2) is 3.20. The van der Waals surface area contributed by atoms with Crippen molar-refractivity contribution in [2.45, 2.75) is 6.42 Å². The molecule has 0 bridgehead atoms. The van der Waals surface area contributed by atoms with Gasteiger partial charge in [0.25, 0.3) is 0 Å². The molecule has 0 N–H and O–H groups in total. The number of nitriles is 1. The van der Waals surface area contributed by atoms with E-state index in [0.29, 0.717) is 22.7 Å². The lowest BCUT2D eigenvalue weighted by atomic mass is 10.3. The molecule has 0 aliphatic carbocycles. The summed E-state index contributed by atoms with van der Waals surface area (Å²) in [4.78, 5) is 7.36. The molecule has 14 heavy (non-hydrogen) atoms. The number of hydrogen-bond acceptors (Lipinski definition) is 3. The van der Waals surface area contributed by atoms with Crippen LogP contribution in [0.25, 0.3) is 15.9 Å². The van der Waals surface area contributed by atoms with Crippen LogP contribution in [-0.2, 0) is 6.42 Å². The van der Waals surface area contributed by atoms with Crippen LogP contribution in [0.2, 0.25) is 0 Å². The normalized spacial score (nSPS) is 9.57. The van der Waals surface area contributed by atoms with Crippen LogP contribution in [0.5, 0.6) is 0 Å². The summed E-state index contributed by atoms with van der Waals surface area (Å²) in [7, 11) is 0. The van der Waals surface area contributed by atoms with Crippen LogP contribution in [0.1, 0.15) is 5.89 Å². The van der Waals surface area contributed by atoms with Crippen LogP contribution >= 0.6 is 0 Å². The number of fused-ring (bicyclic) bond motifs is 1. The van der Waals surface area contributed by atoms with Gasteiger partial charge in [-0.05, 0) is 12.1 Å². The van der Waals surface area contributed by atoms with E-state index in [4.69, 9.17) is 16.3 Å². The molecule has 1 heterocycles. The topological polar surface area (TPSA) is 54.2 Å². The number of oxazole rings is 1. The van der Waals surface area contributed by atoms with E-state index in [-0.39, 0.29) is 6.42 Å². The predicted octanol–water partition coefficient (Wildman–Crippen LogP) is 2.44. The molecule has 0 atom stereocenters. The Kier molecular flexibility index (Phi) is 1.89. The Hall–Kier alpha value is -2.33. The first-order valence-electron chi connectivity index (χ1n) is 3.97. The van der Waals surface area contributed by atoms with E-state index in [1.807, 2.05) is 6.07 Å². The van der Waals surface area contributed by atoms with Crippen LogP contribution in [-0.4, -0.2) is 4.98 Å². The number of benzene rings is 1.